The molecule has 0 bridgehead atoms. The van der Waals surface area contributed by atoms with Gasteiger partial charge in [-0.2, -0.15) is 13.2 Å². The molecule has 0 N–H and O–H groups in total. The van der Waals surface area contributed by atoms with Gasteiger partial charge in [0.1, 0.15) is 5.82 Å². The van der Waals surface area contributed by atoms with Crippen molar-refractivity contribution in [1.82, 2.24) is 4.98 Å². The molecule has 0 saturated heterocycles. The van der Waals surface area contributed by atoms with E-state index >= 15 is 0 Å². The van der Waals surface area contributed by atoms with Crippen LogP contribution in [-0.4, -0.2) is 10.8 Å². The van der Waals surface area contributed by atoms with Crippen LogP contribution in [0.5, 0.6) is 0 Å². The topological polar surface area (TPSA) is 30.0 Å². The Morgan fingerprint density at radius 3 is 2.50 bits per heavy atom. The molecule has 0 saturated carbocycles. The molecule has 104 valence electrons. The molecule has 0 aliphatic rings. The SMILES string of the molecule is O=C(c1ccc(F)c(Cl)c1)c1cnccc1C(F)(F)F. The van der Waals surface area contributed by atoms with E-state index in [1.165, 1.54) is 0 Å². The molecule has 1 heterocycles. The first kappa shape index (κ1) is 14.5. The average Bonchev–Trinajstić information content (AvgIpc) is 2.40. The van der Waals surface area contributed by atoms with Crippen LogP contribution in [0, 0.1) is 5.82 Å². The molecule has 0 amide bonds. The fourth-order valence-corrected chi connectivity index (χ4v) is 1.80. The van der Waals surface area contributed by atoms with E-state index in [1.807, 2.05) is 0 Å². The lowest BCUT2D eigenvalue weighted by Gasteiger charge is -2.11. The number of nitrogens with zero attached hydrogens (tertiary/aromatic N) is 1. The fraction of sp³-hybridized carbons (Fsp3) is 0.0769. The fourth-order valence-electron chi connectivity index (χ4n) is 1.62. The van der Waals surface area contributed by atoms with E-state index in [2.05, 4.69) is 4.98 Å². The second-order valence-electron chi connectivity index (χ2n) is 3.88. The van der Waals surface area contributed by atoms with Crippen LogP contribution in [0.15, 0.2) is 36.7 Å². The zero-order valence-corrected chi connectivity index (χ0v) is 10.5. The minimum absolute atomic E-state index is 0.144. The number of pyridine rings is 1. The number of benzene rings is 1. The van der Waals surface area contributed by atoms with E-state index in [0.717, 1.165) is 30.6 Å². The summed E-state index contributed by atoms with van der Waals surface area (Å²) in [6.07, 6.45) is -2.92. The van der Waals surface area contributed by atoms with Crippen molar-refractivity contribution in [3.63, 3.8) is 0 Å². The van der Waals surface area contributed by atoms with E-state index in [4.69, 9.17) is 11.6 Å². The third-order valence-electron chi connectivity index (χ3n) is 2.55. The van der Waals surface area contributed by atoms with Gasteiger partial charge in [0.15, 0.2) is 5.78 Å². The molecule has 0 spiro atoms. The molecule has 0 atom stereocenters. The van der Waals surface area contributed by atoms with Crippen molar-refractivity contribution >= 4 is 17.4 Å². The van der Waals surface area contributed by atoms with E-state index in [1.54, 1.807) is 0 Å². The number of carbonyl (C=O) groups is 1. The first-order chi connectivity index (χ1) is 9.30. The summed E-state index contributed by atoms with van der Waals surface area (Å²) in [6, 6.07) is 3.67. The molecule has 1 aromatic carbocycles. The van der Waals surface area contributed by atoms with Crippen molar-refractivity contribution in [2.45, 2.75) is 6.18 Å². The normalized spacial score (nSPS) is 11.4. The van der Waals surface area contributed by atoms with Crippen molar-refractivity contribution in [2.75, 3.05) is 0 Å². The predicted octanol–water partition coefficient (Wildman–Crippen LogP) is 4.12. The molecule has 20 heavy (non-hydrogen) atoms. The molecule has 0 aliphatic heterocycles. The predicted molar refractivity (Wildman–Crippen MR) is 64.1 cm³/mol. The number of aromatic nitrogens is 1. The Morgan fingerprint density at radius 2 is 1.90 bits per heavy atom. The molecule has 0 radical (unpaired) electrons. The van der Waals surface area contributed by atoms with Crippen LogP contribution in [0.25, 0.3) is 0 Å². The van der Waals surface area contributed by atoms with Gasteiger partial charge < -0.3 is 0 Å². The van der Waals surface area contributed by atoms with Gasteiger partial charge >= 0.3 is 6.18 Å². The minimum atomic E-state index is -4.68. The van der Waals surface area contributed by atoms with Crippen molar-refractivity contribution < 1.29 is 22.4 Å². The first-order valence-corrected chi connectivity index (χ1v) is 5.69. The van der Waals surface area contributed by atoms with Gasteiger partial charge in [0.25, 0.3) is 0 Å². The van der Waals surface area contributed by atoms with Crippen LogP contribution in [0.2, 0.25) is 5.02 Å². The third-order valence-corrected chi connectivity index (χ3v) is 2.84. The monoisotopic (exact) mass is 303 g/mol. The standard InChI is InChI=1S/C13H6ClF4NO/c14-10-5-7(1-2-11(10)15)12(20)8-6-19-4-3-9(8)13(16,17)18/h1-6H. The Labute approximate surface area is 116 Å². The highest BCUT2D eigenvalue weighted by molar-refractivity contribution is 6.31. The summed E-state index contributed by atoms with van der Waals surface area (Å²) in [6.45, 7) is 0. The van der Waals surface area contributed by atoms with Crippen molar-refractivity contribution in [2.24, 2.45) is 0 Å². The maximum atomic E-state index is 13.0. The summed E-state index contributed by atoms with van der Waals surface area (Å²) >= 11 is 5.51. The maximum Gasteiger partial charge on any atom is 0.417 e. The lowest BCUT2D eigenvalue weighted by molar-refractivity contribution is -0.137. The Balaban J connectivity index is 2.51. The summed E-state index contributed by atoms with van der Waals surface area (Å²) in [7, 11) is 0. The summed E-state index contributed by atoms with van der Waals surface area (Å²) in [5, 5.41) is -0.340. The molecular formula is C13H6ClF4NO. The van der Waals surface area contributed by atoms with Gasteiger partial charge in [-0.25, -0.2) is 4.39 Å². The first-order valence-electron chi connectivity index (χ1n) is 5.31. The second-order valence-corrected chi connectivity index (χ2v) is 4.28. The van der Waals surface area contributed by atoms with Gasteiger partial charge in [-0.05, 0) is 24.3 Å². The van der Waals surface area contributed by atoms with E-state index in [-0.39, 0.29) is 10.6 Å². The van der Waals surface area contributed by atoms with Gasteiger partial charge in [0.2, 0.25) is 0 Å². The lowest BCUT2D eigenvalue weighted by Crippen LogP contribution is -2.14. The number of halogens is 5. The van der Waals surface area contributed by atoms with Gasteiger partial charge in [-0.15, -0.1) is 0 Å². The highest BCUT2D eigenvalue weighted by Gasteiger charge is 2.35. The molecule has 0 fully saturated rings. The molecule has 2 aromatic rings. The number of rotatable bonds is 2. The third kappa shape index (κ3) is 2.80. The Kier molecular flexibility index (Phi) is 3.76. The van der Waals surface area contributed by atoms with Gasteiger partial charge in [0.05, 0.1) is 16.1 Å². The molecule has 0 unspecified atom stereocenters. The molecule has 1 aromatic heterocycles. The Hall–Kier alpha value is -1.95. The number of hydrogen-bond donors (Lipinski definition) is 0. The number of alkyl halides is 3. The summed E-state index contributed by atoms with van der Waals surface area (Å²) in [5.74, 6) is -1.68. The number of ketones is 1. The highest BCUT2D eigenvalue weighted by atomic mass is 35.5. The van der Waals surface area contributed by atoms with Crippen LogP contribution in [0.3, 0.4) is 0 Å². The minimum Gasteiger partial charge on any atom is -0.289 e. The van der Waals surface area contributed by atoms with Crippen LogP contribution < -0.4 is 0 Å². The van der Waals surface area contributed by atoms with Crippen LogP contribution in [0.4, 0.5) is 17.6 Å². The molecule has 2 nitrogen and oxygen atoms in total. The lowest BCUT2D eigenvalue weighted by atomic mass is 10.00. The van der Waals surface area contributed by atoms with E-state index < -0.39 is 28.9 Å². The van der Waals surface area contributed by atoms with E-state index in [0.29, 0.717) is 6.07 Å². The van der Waals surface area contributed by atoms with Crippen LogP contribution in [-0.2, 0) is 6.18 Å². The summed E-state index contributed by atoms with van der Waals surface area (Å²) < 4.78 is 51.4. The number of carbonyl (C=O) groups excluding carboxylic acids is 1. The average molecular weight is 304 g/mol. The Bertz CT molecular complexity index is 670. The van der Waals surface area contributed by atoms with Crippen LogP contribution >= 0.6 is 11.6 Å². The molecule has 2 rings (SSSR count). The quantitative estimate of drug-likeness (QED) is 0.617. The van der Waals surface area contributed by atoms with Gasteiger partial charge in [-0.1, -0.05) is 11.6 Å². The smallest absolute Gasteiger partial charge is 0.289 e. The molecule has 0 aliphatic carbocycles. The summed E-state index contributed by atoms with van der Waals surface area (Å²) in [4.78, 5) is 15.6. The van der Waals surface area contributed by atoms with Crippen molar-refractivity contribution in [3.05, 3.63) is 64.2 Å². The maximum absolute atomic E-state index is 13.0. The van der Waals surface area contributed by atoms with Gasteiger partial charge in [-0.3, -0.25) is 9.78 Å². The molecular weight excluding hydrogens is 298 g/mol. The Morgan fingerprint density at radius 1 is 1.20 bits per heavy atom. The zero-order valence-electron chi connectivity index (χ0n) is 9.71. The van der Waals surface area contributed by atoms with Crippen molar-refractivity contribution in [1.29, 1.82) is 0 Å². The number of hydrogen-bond acceptors (Lipinski definition) is 2. The zero-order chi connectivity index (χ0) is 14.9. The van der Waals surface area contributed by atoms with Crippen molar-refractivity contribution in [3.8, 4) is 0 Å². The van der Waals surface area contributed by atoms with Gasteiger partial charge in [0, 0.05) is 18.0 Å². The molecule has 7 heteroatoms. The second kappa shape index (κ2) is 5.20. The highest BCUT2D eigenvalue weighted by Crippen LogP contribution is 2.32. The van der Waals surface area contributed by atoms with E-state index in [9.17, 15) is 22.4 Å². The largest absolute Gasteiger partial charge is 0.417 e. The van der Waals surface area contributed by atoms with Crippen LogP contribution in [0.1, 0.15) is 21.5 Å². The summed E-state index contributed by atoms with van der Waals surface area (Å²) in [5.41, 5.74) is -1.85.